The molecule has 11 rings (SSSR count). The monoisotopic (exact) mass is 727 g/mol. The minimum absolute atomic E-state index is 0.400. The number of fused-ring (bicyclic) bond motifs is 6. The van der Waals surface area contributed by atoms with Crippen molar-refractivity contribution in [3.63, 3.8) is 0 Å². The van der Waals surface area contributed by atoms with E-state index in [1.165, 1.54) is 44.5 Å². The summed E-state index contributed by atoms with van der Waals surface area (Å²) >= 11 is 0. The first-order valence-electron chi connectivity index (χ1n) is 19.6. The predicted molar refractivity (Wildman–Crippen MR) is 237 cm³/mol. The van der Waals surface area contributed by atoms with E-state index in [4.69, 9.17) is 4.42 Å². The molecule has 1 aliphatic rings. The highest BCUT2D eigenvalue weighted by Crippen LogP contribution is 2.56. The second kappa shape index (κ2) is 13.4. The minimum atomic E-state index is -0.400. The molecular formula is C55H37NO. The van der Waals surface area contributed by atoms with E-state index in [1.807, 2.05) is 12.1 Å². The fraction of sp³-hybridized carbons (Fsp3) is 0.0182. The summed E-state index contributed by atoms with van der Waals surface area (Å²) in [5.41, 5.74) is 17.1. The van der Waals surface area contributed by atoms with Gasteiger partial charge in [-0.3, -0.25) is 0 Å². The van der Waals surface area contributed by atoms with E-state index in [9.17, 15) is 0 Å². The van der Waals surface area contributed by atoms with E-state index in [-0.39, 0.29) is 0 Å². The molecule has 0 saturated carbocycles. The smallest absolute Gasteiger partial charge is 0.136 e. The van der Waals surface area contributed by atoms with E-state index >= 15 is 0 Å². The Bertz CT molecular complexity index is 3000. The number of hydrogen-bond acceptors (Lipinski definition) is 2. The van der Waals surface area contributed by atoms with Crippen molar-refractivity contribution in [3.05, 3.63) is 247 Å². The second-order valence-electron chi connectivity index (χ2n) is 14.9. The van der Waals surface area contributed by atoms with Gasteiger partial charge in [0.2, 0.25) is 0 Å². The Morgan fingerprint density at radius 1 is 0.316 bits per heavy atom. The van der Waals surface area contributed by atoms with E-state index in [1.54, 1.807) is 0 Å². The van der Waals surface area contributed by atoms with Crippen molar-refractivity contribution < 1.29 is 4.42 Å². The molecule has 1 aromatic heterocycles. The van der Waals surface area contributed by atoms with Crippen LogP contribution in [0.2, 0.25) is 0 Å². The highest BCUT2D eigenvalue weighted by atomic mass is 16.3. The van der Waals surface area contributed by atoms with Crippen molar-refractivity contribution in [1.29, 1.82) is 0 Å². The minimum Gasteiger partial charge on any atom is -0.456 e. The van der Waals surface area contributed by atoms with E-state index in [2.05, 4.69) is 217 Å². The highest BCUT2D eigenvalue weighted by molar-refractivity contribution is 6.06. The second-order valence-corrected chi connectivity index (χ2v) is 14.9. The van der Waals surface area contributed by atoms with Crippen LogP contribution in [-0.4, -0.2) is 0 Å². The zero-order valence-corrected chi connectivity index (χ0v) is 31.2. The van der Waals surface area contributed by atoms with E-state index < -0.39 is 5.41 Å². The number of rotatable bonds is 7. The normalized spacial score (nSPS) is 12.7. The molecule has 2 nitrogen and oxygen atoms in total. The Hall–Kier alpha value is -7.42. The Labute approximate surface area is 332 Å². The molecule has 0 atom stereocenters. The first-order valence-corrected chi connectivity index (χ1v) is 19.6. The molecule has 1 aliphatic carbocycles. The van der Waals surface area contributed by atoms with Crippen LogP contribution in [0.4, 0.5) is 17.1 Å². The third kappa shape index (κ3) is 5.33. The van der Waals surface area contributed by atoms with Gasteiger partial charge in [0.15, 0.2) is 0 Å². The maximum absolute atomic E-state index is 6.21. The van der Waals surface area contributed by atoms with Gasteiger partial charge in [0.1, 0.15) is 11.2 Å². The van der Waals surface area contributed by atoms with Gasteiger partial charge in [0, 0.05) is 27.8 Å². The molecule has 1 heterocycles. The maximum atomic E-state index is 6.21. The van der Waals surface area contributed by atoms with Gasteiger partial charge >= 0.3 is 0 Å². The van der Waals surface area contributed by atoms with Gasteiger partial charge in [-0.1, -0.05) is 164 Å². The number of para-hydroxylation sites is 2. The Balaban J connectivity index is 0.959. The molecule has 0 spiro atoms. The first-order chi connectivity index (χ1) is 28.3. The molecule has 0 saturated heterocycles. The molecule has 10 aromatic rings. The van der Waals surface area contributed by atoms with Crippen molar-refractivity contribution in [2.24, 2.45) is 0 Å². The summed E-state index contributed by atoms with van der Waals surface area (Å²) in [7, 11) is 0. The van der Waals surface area contributed by atoms with Gasteiger partial charge in [0.05, 0.1) is 5.41 Å². The van der Waals surface area contributed by atoms with Crippen molar-refractivity contribution >= 4 is 39.0 Å². The zero-order valence-electron chi connectivity index (χ0n) is 31.2. The lowest BCUT2D eigenvalue weighted by atomic mass is 9.67. The summed E-state index contributed by atoms with van der Waals surface area (Å²) in [4.78, 5) is 2.32. The van der Waals surface area contributed by atoms with Crippen molar-refractivity contribution in [3.8, 4) is 33.4 Å². The molecule has 9 aromatic carbocycles. The van der Waals surface area contributed by atoms with Crippen molar-refractivity contribution in [2.75, 3.05) is 4.90 Å². The predicted octanol–water partition coefficient (Wildman–Crippen LogP) is 14.8. The van der Waals surface area contributed by atoms with Crippen LogP contribution >= 0.6 is 0 Å². The summed E-state index contributed by atoms with van der Waals surface area (Å²) in [6, 6.07) is 81.1. The zero-order chi connectivity index (χ0) is 37.8. The average Bonchev–Trinajstić information content (AvgIpc) is 3.81. The summed E-state index contributed by atoms with van der Waals surface area (Å²) in [6.07, 6.45) is 0. The fourth-order valence-corrected chi connectivity index (χ4v) is 9.16. The summed E-state index contributed by atoms with van der Waals surface area (Å²) in [5, 5.41) is 2.29. The summed E-state index contributed by atoms with van der Waals surface area (Å²) in [6.45, 7) is 0. The Morgan fingerprint density at radius 3 is 1.46 bits per heavy atom. The lowest BCUT2D eigenvalue weighted by Crippen LogP contribution is -2.28. The molecule has 0 N–H and O–H groups in total. The van der Waals surface area contributed by atoms with Gasteiger partial charge in [-0.05, 0) is 116 Å². The van der Waals surface area contributed by atoms with Crippen LogP contribution in [-0.2, 0) is 5.41 Å². The number of benzene rings is 9. The Morgan fingerprint density at radius 2 is 0.789 bits per heavy atom. The number of anilines is 3. The average molecular weight is 728 g/mol. The summed E-state index contributed by atoms with van der Waals surface area (Å²) in [5.74, 6) is 0. The lowest BCUT2D eigenvalue weighted by Gasteiger charge is -2.33. The molecule has 0 radical (unpaired) electrons. The largest absolute Gasteiger partial charge is 0.456 e. The van der Waals surface area contributed by atoms with Crippen molar-refractivity contribution in [2.45, 2.75) is 5.41 Å². The van der Waals surface area contributed by atoms with Crippen LogP contribution in [0, 0.1) is 0 Å². The molecule has 0 bridgehead atoms. The standard InChI is InChI=1S/C55H37NO/c1-4-14-42(15-5-1)55(43-16-6-2-7-17-43)51-22-12-10-20-47(51)50-36-40(29-35-52(50)55)38-24-30-45(31-25-38)56(44-18-8-3-9-19-44)46-32-26-39(27-33-46)41-28-34-49-48-21-11-13-23-53(48)57-54(49)37-41/h1-37H. The lowest BCUT2D eigenvalue weighted by molar-refractivity contribution is 0.669. The molecule has 2 heteroatoms. The third-order valence-electron chi connectivity index (χ3n) is 11.8. The van der Waals surface area contributed by atoms with Crippen LogP contribution in [0.25, 0.3) is 55.3 Å². The van der Waals surface area contributed by atoms with E-state index in [0.29, 0.717) is 0 Å². The number of furan rings is 1. The van der Waals surface area contributed by atoms with Gasteiger partial charge in [-0.15, -0.1) is 0 Å². The number of hydrogen-bond donors (Lipinski definition) is 0. The van der Waals surface area contributed by atoms with Gasteiger partial charge in [0.25, 0.3) is 0 Å². The molecule has 0 unspecified atom stereocenters. The molecule has 0 fully saturated rings. The SMILES string of the molecule is c1ccc(N(c2ccc(-c3ccc4c(c3)-c3ccccc3C4(c3ccccc3)c3ccccc3)cc2)c2ccc(-c3ccc4c(c3)oc3ccccc34)cc2)cc1. The van der Waals surface area contributed by atoms with Crippen LogP contribution in [0.15, 0.2) is 229 Å². The molecule has 0 amide bonds. The van der Waals surface area contributed by atoms with Crippen LogP contribution < -0.4 is 4.90 Å². The van der Waals surface area contributed by atoms with Gasteiger partial charge in [-0.2, -0.15) is 0 Å². The number of nitrogens with zero attached hydrogens (tertiary/aromatic N) is 1. The van der Waals surface area contributed by atoms with Gasteiger partial charge < -0.3 is 9.32 Å². The highest BCUT2D eigenvalue weighted by Gasteiger charge is 2.45. The first kappa shape index (κ1) is 33.0. The third-order valence-corrected chi connectivity index (χ3v) is 11.8. The molecule has 57 heavy (non-hydrogen) atoms. The summed E-state index contributed by atoms with van der Waals surface area (Å²) < 4.78 is 6.21. The van der Waals surface area contributed by atoms with E-state index in [0.717, 1.165) is 50.1 Å². The van der Waals surface area contributed by atoms with Crippen LogP contribution in [0.1, 0.15) is 22.3 Å². The fourth-order valence-electron chi connectivity index (χ4n) is 9.16. The van der Waals surface area contributed by atoms with Gasteiger partial charge in [-0.25, -0.2) is 0 Å². The van der Waals surface area contributed by atoms with Crippen molar-refractivity contribution in [1.82, 2.24) is 0 Å². The topological polar surface area (TPSA) is 16.4 Å². The van der Waals surface area contributed by atoms with Crippen LogP contribution in [0.3, 0.4) is 0 Å². The molecular weight excluding hydrogens is 691 g/mol. The van der Waals surface area contributed by atoms with Crippen LogP contribution in [0.5, 0.6) is 0 Å². The quantitative estimate of drug-likeness (QED) is 0.163. The Kier molecular flexibility index (Phi) is 7.75. The maximum Gasteiger partial charge on any atom is 0.136 e. The molecule has 0 aliphatic heterocycles. The molecule has 268 valence electrons.